The highest BCUT2D eigenvalue weighted by atomic mass is 16.6. The third-order valence-electron chi connectivity index (χ3n) is 7.60. The molecule has 13 nitrogen and oxygen atoms in total. The van der Waals surface area contributed by atoms with Crippen LogP contribution in [-0.4, -0.2) is 71.4 Å². The molecule has 5 atom stereocenters. The highest BCUT2D eigenvalue weighted by molar-refractivity contribution is 5.96. The van der Waals surface area contributed by atoms with Gasteiger partial charge in [0, 0.05) is 0 Å². The van der Waals surface area contributed by atoms with Crippen LogP contribution in [0.4, 0.5) is 0 Å². The van der Waals surface area contributed by atoms with E-state index in [1.54, 1.807) is 46.8 Å². The van der Waals surface area contributed by atoms with Crippen LogP contribution >= 0.6 is 0 Å². The third-order valence-corrected chi connectivity index (χ3v) is 7.60. The molecule has 0 spiro atoms. The largest absolute Gasteiger partial charge is 0.460 e. The van der Waals surface area contributed by atoms with Gasteiger partial charge in [0.2, 0.25) is 23.6 Å². The minimum Gasteiger partial charge on any atom is -0.460 e. The van der Waals surface area contributed by atoms with Crippen molar-refractivity contribution in [2.24, 2.45) is 29.4 Å². The first-order valence-electron chi connectivity index (χ1n) is 18.0. The molecule has 0 heterocycles. The van der Waals surface area contributed by atoms with E-state index in [2.05, 4.69) is 21.3 Å². The number of carbonyl (C=O) groups is 6. The van der Waals surface area contributed by atoms with Gasteiger partial charge in [-0.3, -0.25) is 24.0 Å². The standard InChI is InChI=1S/C38H63N5O8/c1-22(2)17-27(39)33(45)40-28(18-23(3)4)35(47)43-32(25(7)8)36(48)41-29(20-31(44)51-38(9,10)11)34(46)42-30(19-24(5)6)37(49)50-21-26-15-13-12-14-16-26/h12-16,22-25,27-30,32H,17-21,39H2,1-11H3,(H,40,45)(H,41,48)(H,42,46)(H,43,47)/t27-,28+,29-,30+,32-/m0/s1. The van der Waals surface area contributed by atoms with Crippen molar-refractivity contribution in [1.29, 1.82) is 0 Å². The van der Waals surface area contributed by atoms with Crippen LogP contribution in [0.5, 0.6) is 0 Å². The summed E-state index contributed by atoms with van der Waals surface area (Å²) in [6, 6.07) is 3.64. The summed E-state index contributed by atoms with van der Waals surface area (Å²) in [6.07, 6.45) is 0.421. The molecule has 288 valence electrons. The quantitative estimate of drug-likeness (QED) is 0.125. The number of nitrogens with two attached hydrogens (primary N) is 1. The summed E-state index contributed by atoms with van der Waals surface area (Å²) in [6.45, 7) is 19.9. The number of benzene rings is 1. The van der Waals surface area contributed by atoms with Gasteiger partial charge >= 0.3 is 11.9 Å². The molecule has 0 saturated heterocycles. The predicted molar refractivity (Wildman–Crippen MR) is 196 cm³/mol. The van der Waals surface area contributed by atoms with Crippen molar-refractivity contribution in [2.45, 2.75) is 144 Å². The van der Waals surface area contributed by atoms with Crippen molar-refractivity contribution >= 4 is 35.6 Å². The molecule has 0 aliphatic heterocycles. The minimum absolute atomic E-state index is 0.000100. The summed E-state index contributed by atoms with van der Waals surface area (Å²) in [5.74, 6) is -4.29. The first-order valence-corrected chi connectivity index (χ1v) is 18.0. The fraction of sp³-hybridized carbons (Fsp3) is 0.684. The second-order valence-electron chi connectivity index (χ2n) is 15.8. The zero-order valence-corrected chi connectivity index (χ0v) is 32.5. The van der Waals surface area contributed by atoms with E-state index in [1.807, 2.05) is 59.7 Å². The second kappa shape index (κ2) is 21.4. The zero-order chi connectivity index (χ0) is 39.1. The van der Waals surface area contributed by atoms with E-state index < -0.39 is 83.7 Å². The van der Waals surface area contributed by atoms with E-state index in [4.69, 9.17) is 15.2 Å². The molecule has 0 aliphatic rings. The molecule has 0 fully saturated rings. The molecule has 13 heteroatoms. The number of nitrogens with one attached hydrogen (secondary N) is 4. The van der Waals surface area contributed by atoms with Crippen molar-refractivity contribution < 1.29 is 38.2 Å². The Bertz CT molecular complexity index is 1290. The molecule has 0 aromatic heterocycles. The van der Waals surface area contributed by atoms with Gasteiger partial charge < -0.3 is 36.5 Å². The monoisotopic (exact) mass is 717 g/mol. The van der Waals surface area contributed by atoms with Crippen molar-refractivity contribution in [1.82, 2.24) is 21.3 Å². The molecule has 1 aromatic carbocycles. The summed E-state index contributed by atoms with van der Waals surface area (Å²) in [7, 11) is 0. The van der Waals surface area contributed by atoms with Crippen LogP contribution < -0.4 is 27.0 Å². The number of amides is 4. The average molecular weight is 718 g/mol. The Balaban J connectivity index is 3.28. The van der Waals surface area contributed by atoms with Gasteiger partial charge in [-0.15, -0.1) is 0 Å². The summed E-state index contributed by atoms with van der Waals surface area (Å²) in [4.78, 5) is 80.1. The molecule has 0 radical (unpaired) electrons. The molecule has 51 heavy (non-hydrogen) atoms. The molecular weight excluding hydrogens is 654 g/mol. The number of hydrogen-bond acceptors (Lipinski definition) is 9. The molecule has 6 N–H and O–H groups in total. The molecule has 1 rings (SSSR count). The Morgan fingerprint density at radius 1 is 0.647 bits per heavy atom. The van der Waals surface area contributed by atoms with Crippen molar-refractivity contribution in [3.05, 3.63) is 35.9 Å². The summed E-state index contributed by atoms with van der Waals surface area (Å²) < 4.78 is 10.9. The lowest BCUT2D eigenvalue weighted by Crippen LogP contribution is -2.60. The molecule has 1 aromatic rings. The van der Waals surface area contributed by atoms with Crippen LogP contribution in [0.1, 0.15) is 107 Å². The molecule has 0 saturated carbocycles. The van der Waals surface area contributed by atoms with E-state index in [-0.39, 0.29) is 30.8 Å². The van der Waals surface area contributed by atoms with Gasteiger partial charge in [0.1, 0.15) is 36.4 Å². The smallest absolute Gasteiger partial charge is 0.328 e. The van der Waals surface area contributed by atoms with Crippen molar-refractivity contribution in [3.63, 3.8) is 0 Å². The number of carbonyl (C=O) groups excluding carboxylic acids is 6. The van der Waals surface area contributed by atoms with Crippen LogP contribution in [0.3, 0.4) is 0 Å². The van der Waals surface area contributed by atoms with Crippen LogP contribution in [0.25, 0.3) is 0 Å². The van der Waals surface area contributed by atoms with Crippen LogP contribution in [0.2, 0.25) is 0 Å². The SMILES string of the molecule is CC(C)C[C@H](N)C(=O)N[C@H](CC(C)C)C(=O)N[C@H](C(=O)N[C@@H](CC(=O)OC(C)(C)C)C(=O)N[C@H](CC(C)C)C(=O)OCc1ccccc1)C(C)C. The Hall–Kier alpha value is -4.00. The first kappa shape index (κ1) is 45.0. The van der Waals surface area contributed by atoms with E-state index >= 15 is 0 Å². The lowest BCUT2D eigenvalue weighted by molar-refractivity contribution is -0.157. The van der Waals surface area contributed by atoms with E-state index in [0.717, 1.165) is 5.56 Å². The number of rotatable bonds is 20. The van der Waals surface area contributed by atoms with Gasteiger partial charge in [0.25, 0.3) is 0 Å². The average Bonchev–Trinajstić information content (AvgIpc) is 2.99. The number of hydrogen-bond donors (Lipinski definition) is 5. The molecule has 0 unspecified atom stereocenters. The molecule has 0 bridgehead atoms. The highest BCUT2D eigenvalue weighted by Gasteiger charge is 2.35. The summed E-state index contributed by atoms with van der Waals surface area (Å²) >= 11 is 0. The van der Waals surface area contributed by atoms with E-state index in [9.17, 15) is 28.8 Å². The van der Waals surface area contributed by atoms with Gasteiger partial charge in [-0.1, -0.05) is 85.7 Å². The molecule has 0 aliphatic carbocycles. The normalized spacial score (nSPS) is 14.7. The Morgan fingerprint density at radius 2 is 1.14 bits per heavy atom. The van der Waals surface area contributed by atoms with Crippen LogP contribution in [0, 0.1) is 23.7 Å². The molecular formula is C38H63N5O8. The van der Waals surface area contributed by atoms with E-state index in [1.165, 1.54) is 0 Å². The van der Waals surface area contributed by atoms with Gasteiger partial charge in [0.15, 0.2) is 0 Å². The van der Waals surface area contributed by atoms with Gasteiger partial charge in [-0.2, -0.15) is 0 Å². The maximum Gasteiger partial charge on any atom is 0.328 e. The third kappa shape index (κ3) is 18.2. The highest BCUT2D eigenvalue weighted by Crippen LogP contribution is 2.14. The topological polar surface area (TPSA) is 195 Å². The van der Waals surface area contributed by atoms with Crippen molar-refractivity contribution in [3.8, 4) is 0 Å². The van der Waals surface area contributed by atoms with Gasteiger partial charge in [0.05, 0.1) is 12.5 Å². The van der Waals surface area contributed by atoms with E-state index in [0.29, 0.717) is 12.8 Å². The van der Waals surface area contributed by atoms with Crippen LogP contribution in [-0.2, 0) is 44.8 Å². The Labute approximate surface area is 304 Å². The first-order chi connectivity index (χ1) is 23.6. The lowest BCUT2D eigenvalue weighted by Gasteiger charge is -2.29. The molecule has 4 amide bonds. The van der Waals surface area contributed by atoms with Gasteiger partial charge in [-0.05, 0) is 69.3 Å². The van der Waals surface area contributed by atoms with Gasteiger partial charge in [-0.25, -0.2) is 4.79 Å². The number of esters is 2. The maximum atomic E-state index is 13.8. The maximum absolute atomic E-state index is 13.8. The second-order valence-corrected chi connectivity index (χ2v) is 15.8. The zero-order valence-electron chi connectivity index (χ0n) is 32.5. The fourth-order valence-electron chi connectivity index (χ4n) is 5.19. The Kier molecular flexibility index (Phi) is 18.9. The number of ether oxygens (including phenoxy) is 2. The Morgan fingerprint density at radius 3 is 1.65 bits per heavy atom. The lowest BCUT2D eigenvalue weighted by atomic mass is 9.98. The minimum atomic E-state index is -1.46. The van der Waals surface area contributed by atoms with Crippen molar-refractivity contribution in [2.75, 3.05) is 0 Å². The fourth-order valence-corrected chi connectivity index (χ4v) is 5.19. The summed E-state index contributed by atoms with van der Waals surface area (Å²) in [5.41, 5.74) is 5.97. The predicted octanol–water partition coefficient (Wildman–Crippen LogP) is 3.52. The summed E-state index contributed by atoms with van der Waals surface area (Å²) in [5, 5.41) is 10.7. The van der Waals surface area contributed by atoms with Crippen LogP contribution in [0.15, 0.2) is 30.3 Å².